The fourth-order valence-corrected chi connectivity index (χ4v) is 6.55. The minimum atomic E-state index is -1.95. The lowest BCUT2D eigenvalue weighted by atomic mass is 9.94. The largest absolute Gasteiger partial charge is 0.394 e. The van der Waals surface area contributed by atoms with Gasteiger partial charge in [-0.2, -0.15) is 0 Å². The van der Waals surface area contributed by atoms with Crippen molar-refractivity contribution in [3.05, 3.63) is 0 Å². The molecule has 20 unspecified atom stereocenters. The normalized spacial score (nSPS) is 48.8. The standard InChI is InChI=1S/C29H52O21/c1-10-15(34)16(35)24(13(8-33)45-10)49-28-20(39)18(37)25(50-29-26(43-5-4-30)21(40)23(42-3)12(7-32)47-29)14(48-28)9-44-27-19(38)17(36)22(41-2)11(6-31)46-27/h10-40H,4-9H2,1-3H3. The molecule has 4 heterocycles. The maximum absolute atomic E-state index is 11.4. The Bertz CT molecular complexity index is 995. The van der Waals surface area contributed by atoms with E-state index in [1.54, 1.807) is 0 Å². The van der Waals surface area contributed by atoms with Crippen molar-refractivity contribution in [3.8, 4) is 0 Å². The Hall–Kier alpha value is -0.840. The van der Waals surface area contributed by atoms with Crippen molar-refractivity contribution in [1.29, 1.82) is 0 Å². The van der Waals surface area contributed by atoms with Crippen LogP contribution in [-0.2, 0) is 47.4 Å². The van der Waals surface area contributed by atoms with Crippen LogP contribution in [0.1, 0.15) is 6.92 Å². The summed E-state index contributed by atoms with van der Waals surface area (Å²) in [6.07, 6.45) is -29.3. The van der Waals surface area contributed by atoms with Crippen LogP contribution in [0.3, 0.4) is 0 Å². The minimum Gasteiger partial charge on any atom is -0.394 e. The molecule has 294 valence electrons. The number of hydrogen-bond donors (Lipinski definition) is 11. The molecule has 0 bridgehead atoms. The van der Waals surface area contributed by atoms with Gasteiger partial charge in [-0.25, -0.2) is 0 Å². The number of ether oxygens (including phenoxy) is 10. The monoisotopic (exact) mass is 736 g/mol. The maximum atomic E-state index is 11.4. The molecule has 0 spiro atoms. The summed E-state index contributed by atoms with van der Waals surface area (Å²) in [5, 5.41) is 115. The van der Waals surface area contributed by atoms with Gasteiger partial charge in [-0.3, -0.25) is 0 Å². The van der Waals surface area contributed by atoms with Gasteiger partial charge in [-0.05, 0) is 6.92 Å². The number of methoxy groups -OCH3 is 2. The number of aliphatic hydroxyl groups is 11. The number of rotatable bonds is 15. The van der Waals surface area contributed by atoms with E-state index >= 15 is 0 Å². The molecule has 0 radical (unpaired) electrons. The van der Waals surface area contributed by atoms with E-state index in [4.69, 9.17) is 47.4 Å². The highest BCUT2D eigenvalue weighted by molar-refractivity contribution is 4.98. The highest BCUT2D eigenvalue weighted by atomic mass is 16.8. The van der Waals surface area contributed by atoms with Crippen LogP contribution in [-0.4, -0.2) is 233 Å². The smallest absolute Gasteiger partial charge is 0.187 e. The summed E-state index contributed by atoms with van der Waals surface area (Å²) in [7, 11) is 2.50. The summed E-state index contributed by atoms with van der Waals surface area (Å²) in [5.74, 6) is 0. The fraction of sp³-hybridized carbons (Fsp3) is 1.00. The molecule has 0 amide bonds. The first-order chi connectivity index (χ1) is 23.9. The molecular formula is C29H52O21. The molecule has 20 atom stereocenters. The van der Waals surface area contributed by atoms with E-state index in [0.717, 1.165) is 0 Å². The van der Waals surface area contributed by atoms with E-state index in [2.05, 4.69) is 0 Å². The van der Waals surface area contributed by atoms with Crippen LogP contribution in [0.2, 0.25) is 0 Å². The van der Waals surface area contributed by atoms with Gasteiger partial charge in [0.2, 0.25) is 0 Å². The third-order valence-electron chi connectivity index (χ3n) is 9.31. The van der Waals surface area contributed by atoms with Crippen LogP contribution in [0.15, 0.2) is 0 Å². The Kier molecular flexibility index (Phi) is 15.9. The van der Waals surface area contributed by atoms with E-state index in [0.29, 0.717) is 0 Å². The summed E-state index contributed by atoms with van der Waals surface area (Å²) in [6, 6.07) is 0. The Morgan fingerprint density at radius 2 is 0.920 bits per heavy atom. The molecule has 0 saturated carbocycles. The third-order valence-corrected chi connectivity index (χ3v) is 9.31. The SMILES string of the molecule is COC1C(CO)OC(OCC2OC(OC3C(CO)OC(C)C(O)C3O)C(O)C(O)C2OC2OC(CO)C(OC)C(O)C2OCCO)C(O)C1O. The summed E-state index contributed by atoms with van der Waals surface area (Å²) in [5.41, 5.74) is 0. The molecule has 11 N–H and O–H groups in total. The molecule has 0 aromatic rings. The van der Waals surface area contributed by atoms with Gasteiger partial charge in [0.15, 0.2) is 18.9 Å². The molecule has 4 aliphatic heterocycles. The highest BCUT2D eigenvalue weighted by Crippen LogP contribution is 2.34. The first-order valence-electron chi connectivity index (χ1n) is 16.3. The van der Waals surface area contributed by atoms with Crippen molar-refractivity contribution in [3.63, 3.8) is 0 Å². The molecule has 0 aromatic heterocycles. The van der Waals surface area contributed by atoms with E-state index < -0.39 is 156 Å². The number of hydrogen-bond acceptors (Lipinski definition) is 21. The lowest BCUT2D eigenvalue weighted by molar-refractivity contribution is -0.381. The van der Waals surface area contributed by atoms with Gasteiger partial charge in [0, 0.05) is 14.2 Å². The third kappa shape index (κ3) is 8.92. The van der Waals surface area contributed by atoms with Gasteiger partial charge >= 0.3 is 0 Å². The van der Waals surface area contributed by atoms with E-state index in [1.165, 1.54) is 21.1 Å². The Labute approximate surface area is 287 Å². The molecule has 0 aliphatic carbocycles. The molecule has 21 nitrogen and oxygen atoms in total. The predicted octanol–water partition coefficient (Wildman–Crippen LogP) is -7.35. The zero-order valence-electron chi connectivity index (χ0n) is 27.8. The van der Waals surface area contributed by atoms with Crippen molar-refractivity contribution in [2.75, 3.05) is 53.9 Å². The minimum absolute atomic E-state index is 0.296. The predicted molar refractivity (Wildman–Crippen MR) is 158 cm³/mol. The quantitative estimate of drug-likeness (QED) is 0.0744. The van der Waals surface area contributed by atoms with Gasteiger partial charge in [0.05, 0.1) is 45.7 Å². The van der Waals surface area contributed by atoms with Crippen molar-refractivity contribution >= 4 is 0 Å². The summed E-state index contributed by atoms with van der Waals surface area (Å²) < 4.78 is 56.4. The molecule has 4 rings (SSSR count). The van der Waals surface area contributed by atoms with Gasteiger partial charge < -0.3 is 104 Å². The van der Waals surface area contributed by atoms with Gasteiger partial charge in [-0.15, -0.1) is 0 Å². The van der Waals surface area contributed by atoms with Crippen LogP contribution in [0.5, 0.6) is 0 Å². The molecule has 21 heteroatoms. The molecule has 0 aromatic carbocycles. The molecule has 50 heavy (non-hydrogen) atoms. The second-order valence-corrected chi connectivity index (χ2v) is 12.5. The fourth-order valence-electron chi connectivity index (χ4n) is 6.55. The Morgan fingerprint density at radius 1 is 0.460 bits per heavy atom. The second kappa shape index (κ2) is 19.0. The van der Waals surface area contributed by atoms with Crippen LogP contribution in [0, 0.1) is 0 Å². The van der Waals surface area contributed by atoms with E-state index in [9.17, 15) is 56.2 Å². The van der Waals surface area contributed by atoms with Gasteiger partial charge in [0.1, 0.15) is 97.7 Å². The Balaban J connectivity index is 1.61. The van der Waals surface area contributed by atoms with Gasteiger partial charge in [-0.1, -0.05) is 0 Å². The molecule has 4 aliphatic rings. The second-order valence-electron chi connectivity index (χ2n) is 12.5. The topological polar surface area (TPSA) is 315 Å². The van der Waals surface area contributed by atoms with Crippen LogP contribution in [0.25, 0.3) is 0 Å². The first-order valence-corrected chi connectivity index (χ1v) is 16.3. The lowest BCUT2D eigenvalue weighted by Crippen LogP contribution is -2.67. The molecule has 4 saturated heterocycles. The van der Waals surface area contributed by atoms with Crippen molar-refractivity contribution in [1.82, 2.24) is 0 Å². The molecule has 4 fully saturated rings. The van der Waals surface area contributed by atoms with Crippen LogP contribution in [0.4, 0.5) is 0 Å². The van der Waals surface area contributed by atoms with Crippen LogP contribution < -0.4 is 0 Å². The average Bonchev–Trinajstić information content (AvgIpc) is 3.11. The highest BCUT2D eigenvalue weighted by Gasteiger charge is 2.54. The van der Waals surface area contributed by atoms with E-state index in [1.807, 2.05) is 0 Å². The van der Waals surface area contributed by atoms with E-state index in [-0.39, 0.29) is 6.61 Å². The van der Waals surface area contributed by atoms with Gasteiger partial charge in [0.25, 0.3) is 0 Å². The molecular weight excluding hydrogens is 684 g/mol. The van der Waals surface area contributed by atoms with Crippen LogP contribution >= 0.6 is 0 Å². The lowest BCUT2D eigenvalue weighted by Gasteiger charge is -2.49. The summed E-state index contributed by atoms with van der Waals surface area (Å²) >= 11 is 0. The summed E-state index contributed by atoms with van der Waals surface area (Å²) in [4.78, 5) is 0. The average molecular weight is 737 g/mol. The Morgan fingerprint density at radius 3 is 1.50 bits per heavy atom. The maximum Gasteiger partial charge on any atom is 0.187 e. The van der Waals surface area contributed by atoms with Crippen molar-refractivity contribution in [2.24, 2.45) is 0 Å². The first kappa shape index (κ1) is 41.9. The number of aliphatic hydroxyl groups excluding tert-OH is 11. The zero-order chi connectivity index (χ0) is 36.9. The summed E-state index contributed by atoms with van der Waals surface area (Å²) in [6.45, 7) is -1.88. The van der Waals surface area contributed by atoms with Crippen molar-refractivity contribution < 1.29 is 104 Å². The van der Waals surface area contributed by atoms with Crippen molar-refractivity contribution in [2.45, 2.75) is 130 Å². The zero-order valence-corrected chi connectivity index (χ0v) is 27.8.